The van der Waals surface area contributed by atoms with Gasteiger partial charge in [0.05, 0.1) is 24.4 Å². The van der Waals surface area contributed by atoms with E-state index in [1.54, 1.807) is 0 Å². The van der Waals surface area contributed by atoms with Gasteiger partial charge in [-0.05, 0) is 67.6 Å². The standard InChI is InChI=1S/C33H47N3O6/c1-2-3-4-8-11-14-26-16-18-27(19-17-26)35-36-28-20-22-29(23-21-28)42-24-13-10-7-5-6-9-12-15-31(37)34-30(33(40)41)25-32(38)39/h16-23,30H,2-15,24-25H2,1H3,(H,34,37)(H,38,39)(H,40,41)/t30-/m0/s1. The molecule has 0 aliphatic rings. The number of benzene rings is 2. The number of hydrogen-bond acceptors (Lipinski definition) is 6. The van der Waals surface area contributed by atoms with Gasteiger partial charge in [0, 0.05) is 6.42 Å². The average molecular weight is 582 g/mol. The van der Waals surface area contributed by atoms with Crippen LogP contribution in [0, 0.1) is 0 Å². The average Bonchev–Trinajstić information content (AvgIpc) is 2.97. The number of hydrogen-bond donors (Lipinski definition) is 3. The molecule has 9 nitrogen and oxygen atoms in total. The summed E-state index contributed by atoms with van der Waals surface area (Å²) in [5.74, 6) is -2.22. The highest BCUT2D eigenvalue weighted by molar-refractivity contribution is 5.86. The summed E-state index contributed by atoms with van der Waals surface area (Å²) in [6.45, 7) is 2.88. The van der Waals surface area contributed by atoms with Gasteiger partial charge in [0.15, 0.2) is 0 Å². The summed E-state index contributed by atoms with van der Waals surface area (Å²) < 4.78 is 5.84. The molecule has 2 aromatic rings. The van der Waals surface area contributed by atoms with Crippen LogP contribution in [0.25, 0.3) is 0 Å². The maximum Gasteiger partial charge on any atom is 0.326 e. The van der Waals surface area contributed by atoms with Crippen LogP contribution in [-0.4, -0.2) is 40.7 Å². The number of ether oxygens (including phenoxy) is 1. The lowest BCUT2D eigenvalue weighted by Crippen LogP contribution is -2.42. The summed E-state index contributed by atoms with van der Waals surface area (Å²) in [5.41, 5.74) is 2.97. The van der Waals surface area contributed by atoms with Crippen molar-refractivity contribution >= 4 is 29.2 Å². The maximum absolute atomic E-state index is 11.8. The number of nitrogens with one attached hydrogen (secondary N) is 1. The summed E-state index contributed by atoms with van der Waals surface area (Å²) in [4.78, 5) is 33.5. The topological polar surface area (TPSA) is 138 Å². The molecule has 0 radical (unpaired) electrons. The molecule has 1 atom stereocenters. The van der Waals surface area contributed by atoms with Crippen LogP contribution in [0.2, 0.25) is 0 Å². The van der Waals surface area contributed by atoms with Gasteiger partial charge in [0.2, 0.25) is 5.91 Å². The van der Waals surface area contributed by atoms with Crippen molar-refractivity contribution in [3.63, 3.8) is 0 Å². The van der Waals surface area contributed by atoms with Crippen LogP contribution in [0.3, 0.4) is 0 Å². The molecule has 3 N–H and O–H groups in total. The normalized spacial score (nSPS) is 11.8. The summed E-state index contributed by atoms with van der Waals surface area (Å²) >= 11 is 0. The monoisotopic (exact) mass is 581 g/mol. The zero-order chi connectivity index (χ0) is 30.4. The molecule has 0 aliphatic heterocycles. The number of carbonyl (C=O) groups excluding carboxylic acids is 1. The van der Waals surface area contributed by atoms with Crippen molar-refractivity contribution < 1.29 is 29.3 Å². The first-order valence-electron chi connectivity index (χ1n) is 15.3. The lowest BCUT2D eigenvalue weighted by atomic mass is 10.1. The van der Waals surface area contributed by atoms with Gasteiger partial charge in [-0.25, -0.2) is 4.79 Å². The van der Waals surface area contributed by atoms with E-state index in [9.17, 15) is 14.4 Å². The molecule has 1 amide bonds. The third kappa shape index (κ3) is 15.9. The fraction of sp³-hybridized carbons (Fsp3) is 0.545. The molecule has 2 aromatic carbocycles. The second kappa shape index (κ2) is 21.0. The zero-order valence-corrected chi connectivity index (χ0v) is 24.9. The molecule has 0 saturated heterocycles. The number of aliphatic carboxylic acids is 2. The minimum Gasteiger partial charge on any atom is -0.494 e. The number of azo groups is 1. The summed E-state index contributed by atoms with van der Waals surface area (Å²) in [6, 6.07) is 14.6. The number of unbranched alkanes of at least 4 members (excludes halogenated alkanes) is 10. The molecule has 0 bridgehead atoms. The highest BCUT2D eigenvalue weighted by Crippen LogP contribution is 2.22. The number of rotatable bonds is 23. The minimum atomic E-state index is -1.39. The minimum absolute atomic E-state index is 0.198. The fourth-order valence-corrected chi connectivity index (χ4v) is 4.49. The van der Waals surface area contributed by atoms with Crippen molar-refractivity contribution in [1.82, 2.24) is 5.32 Å². The molecular weight excluding hydrogens is 534 g/mol. The number of carboxylic acid groups (broad SMARTS) is 2. The van der Waals surface area contributed by atoms with Gasteiger partial charge in [0.1, 0.15) is 11.8 Å². The fourth-order valence-electron chi connectivity index (χ4n) is 4.49. The van der Waals surface area contributed by atoms with Crippen LogP contribution in [0.1, 0.15) is 102 Å². The first kappa shape index (κ1) is 34.5. The molecule has 0 spiro atoms. The van der Waals surface area contributed by atoms with E-state index in [2.05, 4.69) is 34.6 Å². The van der Waals surface area contributed by atoms with Gasteiger partial charge in [-0.3, -0.25) is 9.59 Å². The molecule has 42 heavy (non-hydrogen) atoms. The van der Waals surface area contributed by atoms with Gasteiger partial charge in [-0.15, -0.1) is 0 Å². The lowest BCUT2D eigenvalue weighted by molar-refractivity contribution is -0.147. The Hall–Kier alpha value is -3.75. The van der Waals surface area contributed by atoms with E-state index >= 15 is 0 Å². The predicted octanol–water partition coefficient (Wildman–Crippen LogP) is 8.16. The van der Waals surface area contributed by atoms with Crippen molar-refractivity contribution in [2.24, 2.45) is 10.2 Å². The molecule has 0 aliphatic carbocycles. The van der Waals surface area contributed by atoms with Gasteiger partial charge in [0.25, 0.3) is 0 Å². The molecule has 0 unspecified atom stereocenters. The second-order valence-electron chi connectivity index (χ2n) is 10.7. The van der Waals surface area contributed by atoms with Crippen LogP contribution in [0.4, 0.5) is 11.4 Å². The number of carbonyl (C=O) groups is 3. The van der Waals surface area contributed by atoms with E-state index in [0.29, 0.717) is 13.0 Å². The molecule has 0 aromatic heterocycles. The predicted molar refractivity (Wildman–Crippen MR) is 164 cm³/mol. The van der Waals surface area contributed by atoms with Crippen molar-refractivity contribution in [1.29, 1.82) is 0 Å². The second-order valence-corrected chi connectivity index (χ2v) is 10.7. The van der Waals surface area contributed by atoms with Crippen LogP contribution in [-0.2, 0) is 20.8 Å². The van der Waals surface area contributed by atoms with Gasteiger partial charge in [-0.1, -0.05) is 76.8 Å². The molecule has 0 heterocycles. The largest absolute Gasteiger partial charge is 0.494 e. The Morgan fingerprint density at radius 1 is 0.738 bits per heavy atom. The third-order valence-electron chi connectivity index (χ3n) is 6.95. The SMILES string of the molecule is CCCCCCCc1ccc(N=Nc2ccc(OCCCCCCCCCC(=O)N[C@@H](CC(=O)O)C(=O)O)cc2)cc1. The Kier molecular flexibility index (Phi) is 17.2. The van der Waals surface area contributed by atoms with Gasteiger partial charge >= 0.3 is 11.9 Å². The van der Waals surface area contributed by atoms with Crippen molar-refractivity contribution in [3.8, 4) is 5.75 Å². The van der Waals surface area contributed by atoms with Crippen molar-refractivity contribution in [2.75, 3.05) is 6.61 Å². The highest BCUT2D eigenvalue weighted by atomic mass is 16.5. The number of nitrogens with zero attached hydrogens (tertiary/aromatic N) is 2. The van der Waals surface area contributed by atoms with E-state index in [1.165, 1.54) is 37.7 Å². The van der Waals surface area contributed by atoms with E-state index in [-0.39, 0.29) is 6.42 Å². The first-order chi connectivity index (χ1) is 20.4. The number of amides is 1. The molecule has 9 heteroatoms. The van der Waals surface area contributed by atoms with E-state index in [0.717, 1.165) is 62.1 Å². The van der Waals surface area contributed by atoms with Gasteiger partial charge in [-0.2, -0.15) is 10.2 Å². The Morgan fingerprint density at radius 2 is 1.29 bits per heavy atom. The van der Waals surface area contributed by atoms with E-state index in [4.69, 9.17) is 14.9 Å². The summed E-state index contributed by atoms with van der Waals surface area (Å²) in [7, 11) is 0. The first-order valence-corrected chi connectivity index (χ1v) is 15.3. The molecular formula is C33H47N3O6. The number of aryl methyl sites for hydroxylation is 1. The highest BCUT2D eigenvalue weighted by Gasteiger charge is 2.22. The lowest BCUT2D eigenvalue weighted by Gasteiger charge is -2.12. The Balaban J connectivity index is 1.52. The molecule has 2 rings (SSSR count). The Bertz CT molecular complexity index is 1090. The van der Waals surface area contributed by atoms with Gasteiger partial charge < -0.3 is 20.3 Å². The summed E-state index contributed by atoms with van der Waals surface area (Å²) in [6.07, 6.45) is 13.8. The van der Waals surface area contributed by atoms with Crippen LogP contribution < -0.4 is 10.1 Å². The van der Waals surface area contributed by atoms with Crippen LogP contribution in [0.15, 0.2) is 58.8 Å². The Labute approximate surface area is 249 Å². The molecule has 0 fully saturated rings. The maximum atomic E-state index is 11.8. The van der Waals surface area contributed by atoms with Crippen LogP contribution >= 0.6 is 0 Å². The van der Waals surface area contributed by atoms with E-state index in [1.807, 2.05) is 36.4 Å². The zero-order valence-electron chi connectivity index (χ0n) is 24.9. The smallest absolute Gasteiger partial charge is 0.326 e. The third-order valence-corrected chi connectivity index (χ3v) is 6.95. The summed E-state index contributed by atoms with van der Waals surface area (Å²) in [5, 5.41) is 28.7. The van der Waals surface area contributed by atoms with Crippen molar-refractivity contribution in [2.45, 2.75) is 109 Å². The number of carboxylic acids is 2. The van der Waals surface area contributed by atoms with E-state index < -0.39 is 30.3 Å². The molecule has 0 saturated carbocycles. The molecule has 230 valence electrons. The van der Waals surface area contributed by atoms with Crippen LogP contribution in [0.5, 0.6) is 5.75 Å². The quantitative estimate of drug-likeness (QED) is 0.0894. The van der Waals surface area contributed by atoms with Crippen molar-refractivity contribution in [3.05, 3.63) is 54.1 Å². The Morgan fingerprint density at radius 3 is 1.88 bits per heavy atom.